The van der Waals surface area contributed by atoms with Gasteiger partial charge in [0.2, 0.25) is 0 Å². The first-order valence-corrected chi connectivity index (χ1v) is 9.04. The second-order valence-corrected chi connectivity index (χ2v) is 6.47. The van der Waals surface area contributed by atoms with Gasteiger partial charge in [0.05, 0.1) is 23.6 Å². The number of benzodiazepines with no additional fused rings is 1. The molecule has 0 spiro atoms. The maximum absolute atomic E-state index is 12.8. The predicted molar refractivity (Wildman–Crippen MR) is 108 cm³/mol. The first kappa shape index (κ1) is 17.9. The lowest BCUT2D eigenvalue weighted by Crippen LogP contribution is -2.40. The predicted octanol–water partition coefficient (Wildman–Crippen LogP) is 2.72. The van der Waals surface area contributed by atoms with E-state index in [1.807, 2.05) is 72.8 Å². The molecule has 4 rings (SSSR count). The van der Waals surface area contributed by atoms with Gasteiger partial charge in [0, 0.05) is 11.8 Å². The minimum atomic E-state index is -0.752. The summed E-state index contributed by atoms with van der Waals surface area (Å²) in [5, 5.41) is 1.54. The number of ether oxygens (including phenoxy) is 1. The Bertz CT molecular complexity index is 990. The molecule has 0 fully saturated rings. The molecule has 1 unspecified atom stereocenters. The molecular formula is C22H20N4O2. The molecule has 1 aliphatic heterocycles. The Morgan fingerprint density at radius 2 is 1.79 bits per heavy atom. The summed E-state index contributed by atoms with van der Waals surface area (Å²) in [6.45, 7) is 0.420. The Morgan fingerprint density at radius 1 is 1.04 bits per heavy atom. The van der Waals surface area contributed by atoms with Crippen LogP contribution in [-0.2, 0) is 16.1 Å². The molecule has 0 radical (unpaired) electrons. The number of hydrazine groups is 1. The van der Waals surface area contributed by atoms with Crippen molar-refractivity contribution in [3.05, 3.63) is 95.8 Å². The number of para-hydroxylation sites is 1. The fraction of sp³-hybridized carbons (Fsp3) is 0.136. The number of benzene rings is 2. The average molecular weight is 372 g/mol. The number of rotatable bonds is 4. The first-order chi connectivity index (χ1) is 13.7. The number of pyridine rings is 1. The Labute approximate surface area is 163 Å². The molecule has 0 aliphatic carbocycles. The Balaban J connectivity index is 1.66. The molecule has 2 aromatic carbocycles. The van der Waals surface area contributed by atoms with E-state index in [4.69, 9.17) is 15.6 Å². The third-order valence-corrected chi connectivity index (χ3v) is 4.53. The number of nitrogens with zero attached hydrogens (tertiary/aromatic N) is 3. The lowest BCUT2D eigenvalue weighted by Gasteiger charge is -2.20. The van der Waals surface area contributed by atoms with Gasteiger partial charge in [-0.2, -0.15) is 0 Å². The molecule has 28 heavy (non-hydrogen) atoms. The van der Waals surface area contributed by atoms with Gasteiger partial charge in [0.25, 0.3) is 0 Å². The smallest absolute Gasteiger partial charge is 0.333 e. The van der Waals surface area contributed by atoms with Crippen LogP contribution in [0.4, 0.5) is 5.69 Å². The normalized spacial score (nSPS) is 16.0. The first-order valence-electron chi connectivity index (χ1n) is 9.04. The number of aliphatic imine (C=N–C) groups is 1. The van der Waals surface area contributed by atoms with E-state index in [2.05, 4.69) is 4.98 Å². The lowest BCUT2D eigenvalue weighted by molar-refractivity contribution is -0.146. The van der Waals surface area contributed by atoms with Crippen LogP contribution < -0.4 is 10.9 Å². The quantitative estimate of drug-likeness (QED) is 0.563. The lowest BCUT2D eigenvalue weighted by atomic mass is 10.0. The van der Waals surface area contributed by atoms with Crippen LogP contribution in [0.5, 0.6) is 0 Å². The SMILES string of the molecule is NN1CC(C(=O)OCc2ccccc2)N=C(c2ccccn2)c2ccccc21. The highest BCUT2D eigenvalue weighted by Crippen LogP contribution is 2.25. The number of fused-ring (bicyclic) bond motifs is 1. The fourth-order valence-electron chi connectivity index (χ4n) is 3.13. The van der Waals surface area contributed by atoms with Gasteiger partial charge in [-0.25, -0.2) is 10.6 Å². The molecule has 0 amide bonds. The van der Waals surface area contributed by atoms with Gasteiger partial charge in [-0.3, -0.25) is 9.98 Å². The number of aromatic nitrogens is 1. The zero-order valence-corrected chi connectivity index (χ0v) is 15.2. The number of hydrogen-bond acceptors (Lipinski definition) is 6. The maximum Gasteiger partial charge on any atom is 0.333 e. The molecule has 2 heterocycles. The highest BCUT2D eigenvalue weighted by Gasteiger charge is 2.29. The summed E-state index contributed by atoms with van der Waals surface area (Å²) in [4.78, 5) is 21.9. The topological polar surface area (TPSA) is 80.8 Å². The van der Waals surface area contributed by atoms with Gasteiger partial charge < -0.3 is 9.75 Å². The van der Waals surface area contributed by atoms with Crippen molar-refractivity contribution in [2.24, 2.45) is 10.8 Å². The van der Waals surface area contributed by atoms with Gasteiger partial charge in [0.15, 0.2) is 6.04 Å². The van der Waals surface area contributed by atoms with E-state index in [9.17, 15) is 4.79 Å². The van der Waals surface area contributed by atoms with Gasteiger partial charge in [-0.1, -0.05) is 54.6 Å². The highest BCUT2D eigenvalue weighted by atomic mass is 16.5. The van der Waals surface area contributed by atoms with Crippen molar-refractivity contribution in [2.75, 3.05) is 11.6 Å². The summed E-state index contributed by atoms with van der Waals surface area (Å²) in [6.07, 6.45) is 1.70. The number of carbonyl (C=O) groups is 1. The number of nitrogens with two attached hydrogens (primary N) is 1. The van der Waals surface area contributed by atoms with Gasteiger partial charge in [-0.15, -0.1) is 0 Å². The van der Waals surface area contributed by atoms with Crippen molar-refractivity contribution >= 4 is 17.4 Å². The third-order valence-electron chi connectivity index (χ3n) is 4.53. The standard InChI is InChI=1S/C22H20N4O2/c23-26-14-19(22(27)28-15-16-8-2-1-3-9-16)25-21(18-11-6-7-13-24-18)17-10-4-5-12-20(17)26/h1-13,19H,14-15,23H2. The summed E-state index contributed by atoms with van der Waals surface area (Å²) in [7, 11) is 0. The molecule has 0 saturated heterocycles. The molecule has 6 heteroatoms. The molecule has 0 bridgehead atoms. The summed E-state index contributed by atoms with van der Waals surface area (Å²) in [5.41, 5.74) is 3.87. The van der Waals surface area contributed by atoms with Crippen LogP contribution in [0.1, 0.15) is 16.8 Å². The zero-order valence-electron chi connectivity index (χ0n) is 15.2. The molecule has 3 aromatic rings. The van der Waals surface area contributed by atoms with Crippen molar-refractivity contribution < 1.29 is 9.53 Å². The third kappa shape index (κ3) is 3.77. The van der Waals surface area contributed by atoms with Crippen LogP contribution in [-0.4, -0.2) is 29.3 Å². The number of esters is 1. The molecule has 0 saturated carbocycles. The van der Waals surface area contributed by atoms with Crippen molar-refractivity contribution in [1.29, 1.82) is 0 Å². The van der Waals surface area contributed by atoms with Gasteiger partial charge in [-0.05, 0) is 23.8 Å². The number of hydrogen-bond donors (Lipinski definition) is 1. The Morgan fingerprint density at radius 3 is 2.57 bits per heavy atom. The van der Waals surface area contributed by atoms with E-state index in [1.54, 1.807) is 11.2 Å². The van der Waals surface area contributed by atoms with Crippen LogP contribution in [0.25, 0.3) is 0 Å². The second-order valence-electron chi connectivity index (χ2n) is 6.47. The van der Waals surface area contributed by atoms with Crippen molar-refractivity contribution in [1.82, 2.24) is 4.98 Å². The van der Waals surface area contributed by atoms with Crippen LogP contribution in [0.3, 0.4) is 0 Å². The van der Waals surface area contributed by atoms with E-state index in [1.165, 1.54) is 0 Å². The Kier molecular flexibility index (Phi) is 5.12. The van der Waals surface area contributed by atoms with Gasteiger partial charge >= 0.3 is 5.97 Å². The second kappa shape index (κ2) is 8.02. The zero-order chi connectivity index (χ0) is 19.3. The summed E-state index contributed by atoms with van der Waals surface area (Å²) in [6, 6.07) is 22.1. The van der Waals surface area contributed by atoms with E-state index in [0.717, 1.165) is 16.8 Å². The van der Waals surface area contributed by atoms with Crippen molar-refractivity contribution in [3.63, 3.8) is 0 Å². The molecule has 1 atom stereocenters. The van der Waals surface area contributed by atoms with E-state index >= 15 is 0 Å². The number of carbonyl (C=O) groups excluding carboxylic acids is 1. The molecular weight excluding hydrogens is 352 g/mol. The fourth-order valence-corrected chi connectivity index (χ4v) is 3.13. The van der Waals surface area contributed by atoms with E-state index in [0.29, 0.717) is 11.4 Å². The maximum atomic E-state index is 12.8. The van der Waals surface area contributed by atoms with Crippen LogP contribution in [0.15, 0.2) is 84.0 Å². The minimum absolute atomic E-state index is 0.197. The molecule has 140 valence electrons. The van der Waals surface area contributed by atoms with Crippen LogP contribution in [0.2, 0.25) is 0 Å². The minimum Gasteiger partial charge on any atom is -0.459 e. The molecule has 1 aromatic heterocycles. The van der Waals surface area contributed by atoms with Crippen LogP contribution >= 0.6 is 0 Å². The summed E-state index contributed by atoms with van der Waals surface area (Å²) in [5.74, 6) is 5.84. The van der Waals surface area contributed by atoms with Crippen LogP contribution in [0, 0.1) is 0 Å². The molecule has 6 nitrogen and oxygen atoms in total. The highest BCUT2D eigenvalue weighted by molar-refractivity contribution is 6.16. The van der Waals surface area contributed by atoms with E-state index in [-0.39, 0.29) is 13.2 Å². The molecule has 1 aliphatic rings. The van der Waals surface area contributed by atoms with E-state index < -0.39 is 12.0 Å². The average Bonchev–Trinajstić information content (AvgIpc) is 2.90. The summed E-state index contributed by atoms with van der Waals surface area (Å²) >= 11 is 0. The number of anilines is 1. The Hall–Kier alpha value is -3.51. The van der Waals surface area contributed by atoms with Gasteiger partial charge in [0.1, 0.15) is 6.61 Å². The largest absolute Gasteiger partial charge is 0.459 e. The van der Waals surface area contributed by atoms with Crippen molar-refractivity contribution in [3.8, 4) is 0 Å². The molecule has 2 N–H and O–H groups in total. The van der Waals surface area contributed by atoms with Crippen molar-refractivity contribution in [2.45, 2.75) is 12.6 Å². The summed E-state index contributed by atoms with van der Waals surface area (Å²) < 4.78 is 5.51. The monoisotopic (exact) mass is 372 g/mol.